The molecule has 0 aliphatic heterocycles. The van der Waals surface area contributed by atoms with E-state index in [1.807, 2.05) is 20.8 Å². The van der Waals surface area contributed by atoms with E-state index in [1.54, 1.807) is 6.07 Å². The normalized spacial score (nSPS) is 15.4. The SMILES string of the molecule is CC(Cc1cccc(C(F)(F)F)c1)N[C@H](CO)C(C)C. The molecule has 0 spiro atoms. The Morgan fingerprint density at radius 2 is 1.85 bits per heavy atom. The van der Waals surface area contributed by atoms with Crippen molar-refractivity contribution in [1.82, 2.24) is 5.32 Å². The van der Waals surface area contributed by atoms with Gasteiger partial charge in [-0.05, 0) is 30.9 Å². The van der Waals surface area contributed by atoms with Gasteiger partial charge in [-0.1, -0.05) is 32.0 Å². The molecule has 2 N–H and O–H groups in total. The average molecular weight is 289 g/mol. The van der Waals surface area contributed by atoms with Crippen LogP contribution in [0, 0.1) is 5.92 Å². The van der Waals surface area contributed by atoms with Gasteiger partial charge in [-0.2, -0.15) is 13.2 Å². The third kappa shape index (κ3) is 5.13. The molecular formula is C15H22F3NO. The fourth-order valence-electron chi connectivity index (χ4n) is 2.11. The molecule has 1 rings (SSSR count). The van der Waals surface area contributed by atoms with Crippen LogP contribution in [0.1, 0.15) is 31.9 Å². The van der Waals surface area contributed by atoms with Crippen molar-refractivity contribution in [2.75, 3.05) is 6.61 Å². The molecule has 0 saturated heterocycles. The van der Waals surface area contributed by atoms with Gasteiger partial charge >= 0.3 is 6.18 Å². The van der Waals surface area contributed by atoms with Crippen LogP contribution in [0.2, 0.25) is 0 Å². The summed E-state index contributed by atoms with van der Waals surface area (Å²) in [7, 11) is 0. The van der Waals surface area contributed by atoms with Crippen LogP contribution < -0.4 is 5.32 Å². The van der Waals surface area contributed by atoms with Gasteiger partial charge in [-0.15, -0.1) is 0 Å². The van der Waals surface area contributed by atoms with Gasteiger partial charge in [0, 0.05) is 12.1 Å². The standard InChI is InChI=1S/C15H22F3NO/c1-10(2)14(9-20)19-11(3)7-12-5-4-6-13(8-12)15(16,17)18/h4-6,8,10-11,14,19-20H,7,9H2,1-3H3/t11?,14-/m1/s1. The van der Waals surface area contributed by atoms with Gasteiger partial charge in [0.25, 0.3) is 0 Å². The quantitative estimate of drug-likeness (QED) is 0.842. The molecule has 5 heteroatoms. The summed E-state index contributed by atoms with van der Waals surface area (Å²) >= 11 is 0. The molecule has 2 nitrogen and oxygen atoms in total. The molecule has 0 fully saturated rings. The molecule has 1 unspecified atom stereocenters. The van der Waals surface area contributed by atoms with E-state index in [-0.39, 0.29) is 24.6 Å². The van der Waals surface area contributed by atoms with Crippen molar-refractivity contribution >= 4 is 0 Å². The summed E-state index contributed by atoms with van der Waals surface area (Å²) in [4.78, 5) is 0. The largest absolute Gasteiger partial charge is 0.416 e. The van der Waals surface area contributed by atoms with Gasteiger partial charge < -0.3 is 10.4 Å². The van der Waals surface area contributed by atoms with Gasteiger partial charge in [-0.3, -0.25) is 0 Å². The third-order valence-electron chi connectivity index (χ3n) is 3.30. The highest BCUT2D eigenvalue weighted by Crippen LogP contribution is 2.29. The van der Waals surface area contributed by atoms with Crippen LogP contribution in [0.3, 0.4) is 0 Å². The number of alkyl halides is 3. The van der Waals surface area contributed by atoms with Gasteiger partial charge in [0.2, 0.25) is 0 Å². The lowest BCUT2D eigenvalue weighted by atomic mass is 10.0. The second-order valence-corrected chi connectivity index (χ2v) is 5.50. The molecule has 0 amide bonds. The van der Waals surface area contributed by atoms with Gasteiger partial charge in [0.15, 0.2) is 0 Å². The van der Waals surface area contributed by atoms with Crippen molar-refractivity contribution in [3.05, 3.63) is 35.4 Å². The lowest BCUT2D eigenvalue weighted by Crippen LogP contribution is -2.43. The fraction of sp³-hybridized carbons (Fsp3) is 0.600. The topological polar surface area (TPSA) is 32.3 Å². The first-order chi connectivity index (χ1) is 9.24. The monoisotopic (exact) mass is 289 g/mol. The molecule has 114 valence electrons. The molecule has 0 aliphatic carbocycles. The van der Waals surface area contributed by atoms with Crippen LogP contribution in [0.15, 0.2) is 24.3 Å². The molecule has 0 saturated carbocycles. The van der Waals surface area contributed by atoms with Crippen LogP contribution in [0.5, 0.6) is 0 Å². The summed E-state index contributed by atoms with van der Waals surface area (Å²) in [5.74, 6) is 0.268. The molecular weight excluding hydrogens is 267 g/mol. The minimum absolute atomic E-state index is 0.00182. The first-order valence-electron chi connectivity index (χ1n) is 6.77. The second kappa shape index (κ2) is 7.09. The smallest absolute Gasteiger partial charge is 0.395 e. The fourth-order valence-corrected chi connectivity index (χ4v) is 2.11. The number of rotatable bonds is 6. The molecule has 0 aromatic heterocycles. The van der Waals surface area contributed by atoms with Crippen molar-refractivity contribution in [3.63, 3.8) is 0 Å². The molecule has 0 radical (unpaired) electrons. The number of nitrogens with one attached hydrogen (secondary N) is 1. The maximum absolute atomic E-state index is 12.6. The second-order valence-electron chi connectivity index (χ2n) is 5.50. The molecule has 0 heterocycles. The molecule has 1 aromatic rings. The van der Waals surface area contributed by atoms with E-state index in [0.29, 0.717) is 12.0 Å². The summed E-state index contributed by atoms with van der Waals surface area (Å²) in [6.45, 7) is 5.91. The van der Waals surface area contributed by atoms with Crippen LogP contribution in [-0.2, 0) is 12.6 Å². The van der Waals surface area contributed by atoms with Crippen molar-refractivity contribution in [3.8, 4) is 0 Å². The molecule has 1 aromatic carbocycles. The summed E-state index contributed by atoms with van der Waals surface area (Å²) in [5, 5.41) is 12.5. The molecule has 0 aliphatic rings. The van der Waals surface area contributed by atoms with Crippen molar-refractivity contribution < 1.29 is 18.3 Å². The molecule has 20 heavy (non-hydrogen) atoms. The summed E-state index contributed by atoms with van der Waals surface area (Å²) in [6, 6.07) is 5.33. The number of aliphatic hydroxyl groups is 1. The predicted molar refractivity (Wildman–Crippen MR) is 73.5 cm³/mol. The van der Waals surface area contributed by atoms with E-state index in [9.17, 15) is 18.3 Å². The van der Waals surface area contributed by atoms with Crippen molar-refractivity contribution in [2.45, 2.75) is 45.5 Å². The Balaban J connectivity index is 2.69. The highest BCUT2D eigenvalue weighted by Gasteiger charge is 2.30. The van der Waals surface area contributed by atoms with E-state index in [4.69, 9.17) is 0 Å². The zero-order valence-electron chi connectivity index (χ0n) is 12.0. The number of aliphatic hydroxyl groups excluding tert-OH is 1. The number of benzene rings is 1. The Labute approximate surface area is 118 Å². The van der Waals surface area contributed by atoms with Crippen LogP contribution in [0.4, 0.5) is 13.2 Å². The highest BCUT2D eigenvalue weighted by molar-refractivity contribution is 5.26. The Morgan fingerprint density at radius 3 is 2.35 bits per heavy atom. The number of halogens is 3. The van der Waals surface area contributed by atoms with Crippen LogP contribution in [0.25, 0.3) is 0 Å². The lowest BCUT2D eigenvalue weighted by molar-refractivity contribution is -0.137. The summed E-state index contributed by atoms with van der Waals surface area (Å²) in [5.41, 5.74) is 0.0186. The van der Waals surface area contributed by atoms with Crippen molar-refractivity contribution in [1.29, 1.82) is 0 Å². The zero-order valence-corrected chi connectivity index (χ0v) is 12.0. The third-order valence-corrected chi connectivity index (χ3v) is 3.30. The highest BCUT2D eigenvalue weighted by atomic mass is 19.4. The van der Waals surface area contributed by atoms with E-state index < -0.39 is 11.7 Å². The van der Waals surface area contributed by atoms with Gasteiger partial charge in [-0.25, -0.2) is 0 Å². The maximum atomic E-state index is 12.6. The Kier molecular flexibility index (Phi) is 6.02. The van der Waals surface area contributed by atoms with Gasteiger partial charge in [0.05, 0.1) is 12.2 Å². The van der Waals surface area contributed by atoms with E-state index in [1.165, 1.54) is 12.1 Å². The number of hydrogen-bond donors (Lipinski definition) is 2. The van der Waals surface area contributed by atoms with Crippen molar-refractivity contribution in [2.24, 2.45) is 5.92 Å². The Bertz CT molecular complexity index is 418. The first kappa shape index (κ1) is 17.0. The predicted octanol–water partition coefficient (Wildman–Crippen LogP) is 3.24. The average Bonchev–Trinajstić information content (AvgIpc) is 2.34. The summed E-state index contributed by atoms with van der Waals surface area (Å²) < 4.78 is 37.9. The minimum Gasteiger partial charge on any atom is -0.395 e. The lowest BCUT2D eigenvalue weighted by Gasteiger charge is -2.25. The van der Waals surface area contributed by atoms with E-state index in [2.05, 4.69) is 5.32 Å². The maximum Gasteiger partial charge on any atom is 0.416 e. The van der Waals surface area contributed by atoms with Crippen LogP contribution >= 0.6 is 0 Å². The number of hydrogen-bond acceptors (Lipinski definition) is 2. The van der Waals surface area contributed by atoms with Crippen LogP contribution in [-0.4, -0.2) is 23.8 Å². The minimum atomic E-state index is -4.31. The molecule has 0 bridgehead atoms. The Hall–Kier alpha value is -1.07. The van der Waals surface area contributed by atoms with E-state index >= 15 is 0 Å². The molecule has 2 atom stereocenters. The van der Waals surface area contributed by atoms with Gasteiger partial charge in [0.1, 0.15) is 0 Å². The summed E-state index contributed by atoms with van der Waals surface area (Å²) in [6.07, 6.45) is -3.81. The first-order valence-corrected chi connectivity index (χ1v) is 6.77. The van der Waals surface area contributed by atoms with E-state index in [0.717, 1.165) is 6.07 Å². The zero-order chi connectivity index (χ0) is 15.3. The Morgan fingerprint density at radius 1 is 1.20 bits per heavy atom.